The van der Waals surface area contributed by atoms with Crippen LogP contribution in [0.1, 0.15) is 35.3 Å². The lowest BCUT2D eigenvalue weighted by atomic mass is 9.99. The van der Waals surface area contributed by atoms with Crippen molar-refractivity contribution < 1.29 is 9.53 Å². The van der Waals surface area contributed by atoms with Crippen molar-refractivity contribution in [2.75, 3.05) is 32.8 Å². The Labute approximate surface area is 155 Å². The van der Waals surface area contributed by atoms with Crippen molar-refractivity contribution in [3.05, 3.63) is 47.0 Å². The first-order chi connectivity index (χ1) is 12.6. The summed E-state index contributed by atoms with van der Waals surface area (Å²) in [4.78, 5) is 15.3. The highest BCUT2D eigenvalue weighted by atomic mass is 16.5. The summed E-state index contributed by atoms with van der Waals surface area (Å²) < 4.78 is 5.86. The van der Waals surface area contributed by atoms with E-state index in [1.54, 1.807) is 0 Å². The van der Waals surface area contributed by atoms with Gasteiger partial charge in [0.15, 0.2) is 0 Å². The number of nitrogens with one attached hydrogen (secondary N) is 1. The molecule has 138 valence electrons. The molecule has 0 aromatic heterocycles. The van der Waals surface area contributed by atoms with Crippen LogP contribution in [0, 0.1) is 5.92 Å². The lowest BCUT2D eigenvalue weighted by Gasteiger charge is -2.34. The fourth-order valence-corrected chi connectivity index (χ4v) is 4.33. The van der Waals surface area contributed by atoms with Gasteiger partial charge >= 0.3 is 0 Å². The molecule has 0 saturated carbocycles. The fraction of sp³-hybridized carbons (Fsp3) is 0.500. The minimum atomic E-state index is 0.00480. The number of benzene rings is 2. The van der Waals surface area contributed by atoms with E-state index in [4.69, 9.17) is 4.74 Å². The van der Waals surface area contributed by atoms with Gasteiger partial charge in [0.2, 0.25) is 0 Å². The summed E-state index contributed by atoms with van der Waals surface area (Å²) in [5.74, 6) is 0.655. The Bertz CT molecular complexity index is 805. The van der Waals surface area contributed by atoms with E-state index in [0.717, 1.165) is 50.0 Å². The number of aryl methyl sites for hydroxylation is 2. The molecule has 2 aliphatic rings. The van der Waals surface area contributed by atoms with Crippen LogP contribution in [-0.2, 0) is 17.6 Å². The maximum Gasteiger partial charge on any atom is 0.252 e. The number of rotatable bonds is 5. The molecule has 1 saturated heterocycles. The van der Waals surface area contributed by atoms with Crippen molar-refractivity contribution in [3.8, 4) is 0 Å². The van der Waals surface area contributed by atoms with Gasteiger partial charge < -0.3 is 10.1 Å². The van der Waals surface area contributed by atoms with Gasteiger partial charge in [0, 0.05) is 31.7 Å². The molecule has 26 heavy (non-hydrogen) atoms. The Morgan fingerprint density at radius 3 is 2.85 bits per heavy atom. The van der Waals surface area contributed by atoms with Crippen LogP contribution < -0.4 is 5.32 Å². The van der Waals surface area contributed by atoms with E-state index < -0.39 is 0 Å². The van der Waals surface area contributed by atoms with Crippen LogP contribution in [0.15, 0.2) is 30.3 Å². The third-order valence-electron chi connectivity index (χ3n) is 5.46. The second kappa shape index (κ2) is 7.37. The van der Waals surface area contributed by atoms with Crippen molar-refractivity contribution in [3.63, 3.8) is 0 Å². The quantitative estimate of drug-likeness (QED) is 0.899. The Morgan fingerprint density at radius 2 is 2.04 bits per heavy atom. The number of carbonyl (C=O) groups is 1. The summed E-state index contributed by atoms with van der Waals surface area (Å²) >= 11 is 0. The van der Waals surface area contributed by atoms with Crippen LogP contribution in [0.4, 0.5) is 0 Å². The molecule has 1 aliphatic heterocycles. The zero-order valence-corrected chi connectivity index (χ0v) is 15.8. The smallest absolute Gasteiger partial charge is 0.252 e. The minimum Gasteiger partial charge on any atom is -0.374 e. The van der Waals surface area contributed by atoms with Gasteiger partial charge in [-0.3, -0.25) is 9.69 Å². The lowest BCUT2D eigenvalue weighted by molar-refractivity contribution is -0.0295. The number of hydrogen-bond donors (Lipinski definition) is 1. The molecule has 1 N–H and O–H groups in total. The second-order valence-electron chi connectivity index (χ2n) is 7.97. The summed E-state index contributed by atoms with van der Waals surface area (Å²) in [5.41, 5.74) is 3.52. The molecule has 2 aromatic carbocycles. The summed E-state index contributed by atoms with van der Waals surface area (Å²) in [6.07, 6.45) is 2.24. The summed E-state index contributed by atoms with van der Waals surface area (Å²) in [6, 6.07) is 10.4. The normalized spacial score (nSPS) is 20.0. The van der Waals surface area contributed by atoms with E-state index >= 15 is 0 Å². The number of ether oxygens (including phenoxy) is 1. The molecule has 4 nitrogen and oxygen atoms in total. The molecule has 4 rings (SSSR count). The zero-order valence-electron chi connectivity index (χ0n) is 15.8. The molecule has 0 bridgehead atoms. The average molecular weight is 352 g/mol. The van der Waals surface area contributed by atoms with Gasteiger partial charge in [-0.15, -0.1) is 0 Å². The van der Waals surface area contributed by atoms with Gasteiger partial charge in [0.25, 0.3) is 5.91 Å². The average Bonchev–Trinajstić information content (AvgIpc) is 3.05. The summed E-state index contributed by atoms with van der Waals surface area (Å²) in [7, 11) is 0. The second-order valence-corrected chi connectivity index (χ2v) is 7.97. The SMILES string of the molecule is CC(C)CN1CCO[C@H](CNC(=O)c2ccc3c4c(cccc24)CC3)C1. The van der Waals surface area contributed by atoms with Crippen LogP contribution in [-0.4, -0.2) is 49.7 Å². The van der Waals surface area contributed by atoms with Crippen LogP contribution in [0.5, 0.6) is 0 Å². The van der Waals surface area contributed by atoms with E-state index in [0.29, 0.717) is 12.5 Å². The van der Waals surface area contributed by atoms with Gasteiger partial charge in [-0.25, -0.2) is 0 Å². The van der Waals surface area contributed by atoms with Crippen molar-refractivity contribution >= 4 is 16.7 Å². The molecule has 0 spiro atoms. The topological polar surface area (TPSA) is 41.6 Å². The van der Waals surface area contributed by atoms with Gasteiger partial charge in [-0.1, -0.05) is 38.1 Å². The number of hydrogen-bond acceptors (Lipinski definition) is 3. The molecule has 1 atom stereocenters. The molecule has 1 aliphatic carbocycles. The summed E-state index contributed by atoms with van der Waals surface area (Å²) in [5, 5.41) is 5.48. The highest BCUT2D eigenvalue weighted by Crippen LogP contribution is 2.32. The van der Waals surface area contributed by atoms with Gasteiger partial charge in [0.05, 0.1) is 12.7 Å². The standard InChI is InChI=1S/C22H28N2O2/c1-15(2)13-24-10-11-26-18(14-24)12-23-22(25)20-9-8-17-7-6-16-4-3-5-19(20)21(16)17/h3-5,8-9,15,18H,6-7,10-14H2,1-2H3,(H,23,25)/t18-/m1/s1. The van der Waals surface area contributed by atoms with Gasteiger partial charge in [0.1, 0.15) is 0 Å². The van der Waals surface area contributed by atoms with E-state index in [1.165, 1.54) is 16.5 Å². The minimum absolute atomic E-state index is 0.00480. The van der Waals surface area contributed by atoms with Crippen LogP contribution in [0.2, 0.25) is 0 Å². The third-order valence-corrected chi connectivity index (χ3v) is 5.46. The van der Waals surface area contributed by atoms with E-state index in [2.05, 4.69) is 48.3 Å². The monoisotopic (exact) mass is 352 g/mol. The molecule has 1 amide bonds. The molecule has 4 heteroatoms. The molecular weight excluding hydrogens is 324 g/mol. The molecule has 0 radical (unpaired) electrons. The Kier molecular flexibility index (Phi) is 4.96. The first-order valence-electron chi connectivity index (χ1n) is 9.77. The van der Waals surface area contributed by atoms with Crippen molar-refractivity contribution in [1.29, 1.82) is 0 Å². The molecule has 1 heterocycles. The third kappa shape index (κ3) is 3.49. The first-order valence-corrected chi connectivity index (χ1v) is 9.77. The lowest BCUT2D eigenvalue weighted by Crippen LogP contribution is -2.48. The van der Waals surface area contributed by atoms with E-state index in [-0.39, 0.29) is 12.0 Å². The fourth-order valence-electron chi connectivity index (χ4n) is 4.33. The molecule has 2 aromatic rings. The van der Waals surface area contributed by atoms with Crippen molar-refractivity contribution in [2.45, 2.75) is 32.8 Å². The highest BCUT2D eigenvalue weighted by Gasteiger charge is 2.23. The van der Waals surface area contributed by atoms with Crippen LogP contribution >= 0.6 is 0 Å². The van der Waals surface area contributed by atoms with Crippen LogP contribution in [0.3, 0.4) is 0 Å². The Morgan fingerprint density at radius 1 is 1.23 bits per heavy atom. The Balaban J connectivity index is 1.44. The molecule has 0 unspecified atom stereocenters. The summed E-state index contributed by atoms with van der Waals surface area (Å²) in [6.45, 7) is 8.75. The maximum absolute atomic E-state index is 12.8. The maximum atomic E-state index is 12.8. The van der Waals surface area contributed by atoms with E-state index in [1.807, 2.05) is 6.07 Å². The number of nitrogens with zero attached hydrogens (tertiary/aromatic N) is 1. The number of morpholine rings is 1. The predicted octanol–water partition coefficient (Wildman–Crippen LogP) is 3.03. The molecular formula is C22H28N2O2. The highest BCUT2D eigenvalue weighted by molar-refractivity contribution is 6.09. The van der Waals surface area contributed by atoms with Crippen molar-refractivity contribution in [2.24, 2.45) is 5.92 Å². The first kappa shape index (κ1) is 17.5. The van der Waals surface area contributed by atoms with Crippen molar-refractivity contribution in [1.82, 2.24) is 10.2 Å². The van der Waals surface area contributed by atoms with Crippen LogP contribution in [0.25, 0.3) is 10.8 Å². The van der Waals surface area contributed by atoms with E-state index in [9.17, 15) is 4.79 Å². The van der Waals surface area contributed by atoms with Gasteiger partial charge in [-0.2, -0.15) is 0 Å². The molecule has 1 fully saturated rings. The van der Waals surface area contributed by atoms with Gasteiger partial charge in [-0.05, 0) is 46.7 Å². The Hall–Kier alpha value is -1.91. The largest absolute Gasteiger partial charge is 0.374 e. The zero-order chi connectivity index (χ0) is 18.1. The predicted molar refractivity (Wildman–Crippen MR) is 105 cm³/mol. The number of amides is 1. The number of carbonyl (C=O) groups excluding carboxylic acids is 1.